The number of nitrogens with zero attached hydrogens (tertiary/aromatic N) is 1. The number of anilines is 1. The van der Waals surface area contributed by atoms with Gasteiger partial charge in [0.2, 0.25) is 5.91 Å². The lowest BCUT2D eigenvalue weighted by atomic mass is 10.2. The van der Waals surface area contributed by atoms with E-state index in [1.165, 1.54) is 11.8 Å². The molecule has 0 aliphatic carbocycles. The molecule has 0 heterocycles. The number of carbonyl (C=O) groups excluding carboxylic acids is 1. The number of benzene rings is 1. The van der Waals surface area contributed by atoms with E-state index in [1.54, 1.807) is 4.90 Å². The van der Waals surface area contributed by atoms with Gasteiger partial charge in [-0.05, 0) is 32.4 Å². The van der Waals surface area contributed by atoms with Crippen LogP contribution in [0.1, 0.15) is 27.2 Å². The highest BCUT2D eigenvalue weighted by Gasteiger charge is 2.22. The molecule has 1 aromatic carbocycles. The molecule has 0 fully saturated rings. The van der Waals surface area contributed by atoms with Gasteiger partial charge in [-0.1, -0.05) is 25.1 Å². The number of aliphatic carboxylic acids is 1. The molecule has 0 bridgehead atoms. The minimum Gasteiger partial charge on any atom is -0.480 e. The maximum atomic E-state index is 12.3. The van der Waals surface area contributed by atoms with Crippen molar-refractivity contribution in [3.63, 3.8) is 0 Å². The Morgan fingerprint density at radius 3 is 2.30 bits per heavy atom. The van der Waals surface area contributed by atoms with Gasteiger partial charge in [-0.15, -0.1) is 11.8 Å². The fraction of sp³-hybridized carbons (Fsp3) is 0.467. The van der Waals surface area contributed by atoms with Crippen LogP contribution in [-0.2, 0) is 9.59 Å². The molecular formula is C15H21NO3S. The van der Waals surface area contributed by atoms with Crippen molar-refractivity contribution in [2.24, 2.45) is 0 Å². The molecule has 1 aromatic rings. The largest absolute Gasteiger partial charge is 0.480 e. The lowest BCUT2D eigenvalue weighted by Crippen LogP contribution is -2.38. The molecule has 20 heavy (non-hydrogen) atoms. The summed E-state index contributed by atoms with van der Waals surface area (Å²) in [6, 6.07) is 9.48. The van der Waals surface area contributed by atoms with Crippen molar-refractivity contribution in [1.82, 2.24) is 0 Å². The Bertz CT molecular complexity index is 448. The third-order valence-electron chi connectivity index (χ3n) is 2.87. The van der Waals surface area contributed by atoms with Crippen molar-refractivity contribution in [3.05, 3.63) is 30.3 Å². The van der Waals surface area contributed by atoms with Gasteiger partial charge in [0.25, 0.3) is 0 Å². The van der Waals surface area contributed by atoms with Gasteiger partial charge < -0.3 is 10.0 Å². The molecule has 0 radical (unpaired) electrons. The average Bonchev–Trinajstić information content (AvgIpc) is 2.40. The Balaban J connectivity index is 2.74. The van der Waals surface area contributed by atoms with Gasteiger partial charge in [-0.3, -0.25) is 9.59 Å². The first-order valence-electron chi connectivity index (χ1n) is 6.68. The number of carboxylic acids is 1. The van der Waals surface area contributed by atoms with Crippen LogP contribution in [-0.4, -0.2) is 34.0 Å². The maximum absolute atomic E-state index is 12.3. The highest BCUT2D eigenvalue weighted by atomic mass is 32.2. The predicted molar refractivity (Wildman–Crippen MR) is 83.2 cm³/mol. The monoisotopic (exact) mass is 295 g/mol. The van der Waals surface area contributed by atoms with Crippen molar-refractivity contribution in [3.8, 4) is 0 Å². The molecule has 0 aliphatic rings. The Labute approximate surface area is 124 Å². The van der Waals surface area contributed by atoms with E-state index in [0.29, 0.717) is 6.42 Å². The van der Waals surface area contributed by atoms with Crippen LogP contribution in [0, 0.1) is 0 Å². The van der Waals surface area contributed by atoms with E-state index in [-0.39, 0.29) is 17.7 Å². The van der Waals surface area contributed by atoms with Crippen LogP contribution in [0.4, 0.5) is 5.69 Å². The van der Waals surface area contributed by atoms with Crippen LogP contribution in [0.5, 0.6) is 0 Å². The number of carbonyl (C=O) groups is 2. The number of carboxylic acid groups (broad SMARTS) is 1. The van der Waals surface area contributed by atoms with E-state index in [4.69, 9.17) is 5.11 Å². The summed E-state index contributed by atoms with van der Waals surface area (Å²) in [5.74, 6) is -0.741. The number of hydrogen-bond acceptors (Lipinski definition) is 3. The average molecular weight is 295 g/mol. The molecule has 0 aromatic heterocycles. The lowest BCUT2D eigenvalue weighted by molar-refractivity contribution is -0.136. The fourth-order valence-electron chi connectivity index (χ4n) is 1.92. The third kappa shape index (κ3) is 4.56. The van der Waals surface area contributed by atoms with E-state index in [2.05, 4.69) is 0 Å². The van der Waals surface area contributed by atoms with Crippen molar-refractivity contribution >= 4 is 29.3 Å². The Morgan fingerprint density at radius 1 is 1.25 bits per heavy atom. The Hall–Kier alpha value is -1.49. The standard InChI is InChI=1S/C15H21NO3S/c1-4-13(15(18)19)20-10-14(17)16(11(2)3)12-8-6-5-7-9-12/h5-9,11,13H,4,10H2,1-3H3,(H,18,19). The van der Waals surface area contributed by atoms with Crippen molar-refractivity contribution < 1.29 is 14.7 Å². The van der Waals surface area contributed by atoms with E-state index in [9.17, 15) is 9.59 Å². The molecule has 4 nitrogen and oxygen atoms in total. The number of hydrogen-bond donors (Lipinski definition) is 1. The summed E-state index contributed by atoms with van der Waals surface area (Å²) in [5.41, 5.74) is 0.844. The molecule has 1 N–H and O–H groups in total. The zero-order chi connectivity index (χ0) is 15.1. The molecule has 1 amide bonds. The van der Waals surface area contributed by atoms with Crippen molar-refractivity contribution in [1.29, 1.82) is 0 Å². The second-order valence-electron chi connectivity index (χ2n) is 4.74. The van der Waals surface area contributed by atoms with Gasteiger partial charge in [-0.25, -0.2) is 0 Å². The number of rotatable bonds is 7. The molecule has 0 saturated heterocycles. The quantitative estimate of drug-likeness (QED) is 0.840. The smallest absolute Gasteiger partial charge is 0.316 e. The van der Waals surface area contributed by atoms with Crippen LogP contribution in [0.25, 0.3) is 0 Å². The second-order valence-corrected chi connectivity index (χ2v) is 5.93. The van der Waals surface area contributed by atoms with E-state index in [1.807, 2.05) is 51.1 Å². The van der Waals surface area contributed by atoms with Gasteiger partial charge in [0.05, 0.1) is 5.75 Å². The van der Waals surface area contributed by atoms with E-state index in [0.717, 1.165) is 5.69 Å². The first kappa shape index (κ1) is 16.6. The summed E-state index contributed by atoms with van der Waals surface area (Å²) >= 11 is 1.19. The van der Waals surface area contributed by atoms with E-state index < -0.39 is 11.2 Å². The minimum absolute atomic E-state index is 0.0374. The molecule has 0 aliphatic heterocycles. The number of amides is 1. The number of para-hydroxylation sites is 1. The van der Waals surface area contributed by atoms with Crippen LogP contribution in [0.2, 0.25) is 0 Å². The highest BCUT2D eigenvalue weighted by Crippen LogP contribution is 2.20. The van der Waals surface area contributed by atoms with Crippen molar-refractivity contribution in [2.75, 3.05) is 10.7 Å². The molecule has 1 atom stereocenters. The normalized spacial score (nSPS) is 12.2. The SMILES string of the molecule is CCC(SCC(=O)N(c1ccccc1)C(C)C)C(=O)O. The third-order valence-corrected chi connectivity index (χ3v) is 4.22. The summed E-state index contributed by atoms with van der Waals surface area (Å²) in [5, 5.41) is 8.48. The van der Waals surface area contributed by atoms with Gasteiger partial charge in [-0.2, -0.15) is 0 Å². The van der Waals surface area contributed by atoms with Gasteiger partial charge >= 0.3 is 5.97 Å². The second kappa shape index (κ2) is 7.94. The van der Waals surface area contributed by atoms with Crippen LogP contribution >= 0.6 is 11.8 Å². The van der Waals surface area contributed by atoms with E-state index >= 15 is 0 Å². The molecule has 1 unspecified atom stereocenters. The molecule has 110 valence electrons. The lowest BCUT2D eigenvalue weighted by Gasteiger charge is -2.27. The van der Waals surface area contributed by atoms with Crippen molar-refractivity contribution in [2.45, 2.75) is 38.5 Å². The molecule has 0 spiro atoms. The maximum Gasteiger partial charge on any atom is 0.316 e. The Morgan fingerprint density at radius 2 is 1.85 bits per heavy atom. The summed E-state index contributed by atoms with van der Waals surface area (Å²) in [4.78, 5) is 25.0. The topological polar surface area (TPSA) is 57.6 Å². The Kier molecular flexibility index (Phi) is 6.58. The molecule has 0 saturated carbocycles. The zero-order valence-corrected chi connectivity index (χ0v) is 12.9. The molecular weight excluding hydrogens is 274 g/mol. The fourth-order valence-corrected chi connectivity index (χ4v) is 2.79. The van der Waals surface area contributed by atoms with Gasteiger partial charge in [0.15, 0.2) is 0 Å². The van der Waals surface area contributed by atoms with Crippen LogP contribution in [0.15, 0.2) is 30.3 Å². The molecule has 5 heteroatoms. The summed E-state index contributed by atoms with van der Waals surface area (Å²) in [6.45, 7) is 5.71. The zero-order valence-electron chi connectivity index (χ0n) is 12.1. The van der Waals surface area contributed by atoms with Gasteiger partial charge in [0.1, 0.15) is 5.25 Å². The summed E-state index contributed by atoms with van der Waals surface area (Å²) in [7, 11) is 0. The summed E-state index contributed by atoms with van der Waals surface area (Å²) in [6.07, 6.45) is 0.514. The van der Waals surface area contributed by atoms with Crippen LogP contribution < -0.4 is 4.90 Å². The highest BCUT2D eigenvalue weighted by molar-refractivity contribution is 8.01. The molecule has 1 rings (SSSR count). The van der Waals surface area contributed by atoms with Crippen LogP contribution in [0.3, 0.4) is 0 Å². The first-order valence-corrected chi connectivity index (χ1v) is 7.73. The number of thioether (sulfide) groups is 1. The summed E-state index contributed by atoms with van der Waals surface area (Å²) < 4.78 is 0. The van der Waals surface area contributed by atoms with Gasteiger partial charge in [0, 0.05) is 11.7 Å². The minimum atomic E-state index is -0.860. The predicted octanol–water partition coefficient (Wildman–Crippen LogP) is 3.02. The first-order chi connectivity index (χ1) is 9.47.